The Kier molecular flexibility index (Phi) is 6.97. The minimum absolute atomic E-state index is 0.0327. The van der Waals surface area contributed by atoms with Gasteiger partial charge in [-0.2, -0.15) is 0 Å². The maximum atomic E-state index is 11.7. The molecular formula is C12H24N2O2. The Morgan fingerprint density at radius 2 is 1.69 bits per heavy atom. The van der Waals surface area contributed by atoms with Gasteiger partial charge in [-0.05, 0) is 26.8 Å². The summed E-state index contributed by atoms with van der Waals surface area (Å²) in [6, 6.07) is -0.616. The van der Waals surface area contributed by atoms with Gasteiger partial charge in [0.05, 0.1) is 12.1 Å². The number of carbonyl (C=O) groups excluding carboxylic acids is 2. The smallest absolute Gasteiger partial charge is 0.237 e. The van der Waals surface area contributed by atoms with Crippen LogP contribution in [0.5, 0.6) is 0 Å². The normalized spacial score (nSPS) is 14.6. The summed E-state index contributed by atoms with van der Waals surface area (Å²) in [6.45, 7) is 7.39. The number of Topliss-reactive ketones (excluding diaryl/α,β-unsaturated/α-hetero) is 1. The van der Waals surface area contributed by atoms with Crippen LogP contribution in [0.25, 0.3) is 0 Å². The highest BCUT2D eigenvalue weighted by atomic mass is 16.2. The molecule has 94 valence electrons. The molecule has 0 aliphatic heterocycles. The highest BCUT2D eigenvalue weighted by molar-refractivity contribution is 5.89. The maximum Gasteiger partial charge on any atom is 0.237 e. The van der Waals surface area contributed by atoms with E-state index in [9.17, 15) is 9.59 Å². The lowest BCUT2D eigenvalue weighted by atomic mass is 9.91. The van der Waals surface area contributed by atoms with Crippen molar-refractivity contribution in [2.45, 2.75) is 52.6 Å². The number of nitrogens with one attached hydrogen (secondary N) is 2. The van der Waals surface area contributed by atoms with Crippen molar-refractivity contribution >= 4 is 11.7 Å². The molecule has 0 rings (SSSR count). The minimum Gasteiger partial charge on any atom is -0.345 e. The van der Waals surface area contributed by atoms with Crippen molar-refractivity contribution < 1.29 is 9.59 Å². The van der Waals surface area contributed by atoms with E-state index < -0.39 is 0 Å². The van der Waals surface area contributed by atoms with Gasteiger partial charge in [-0.1, -0.05) is 26.7 Å². The lowest BCUT2D eigenvalue weighted by molar-refractivity contribution is -0.129. The quantitative estimate of drug-likeness (QED) is 0.686. The summed E-state index contributed by atoms with van der Waals surface area (Å²) in [5.74, 6) is 0.144. The first-order valence-corrected chi connectivity index (χ1v) is 5.95. The molecule has 0 aromatic rings. The summed E-state index contributed by atoms with van der Waals surface area (Å²) >= 11 is 0. The van der Waals surface area contributed by atoms with Crippen molar-refractivity contribution in [1.82, 2.24) is 10.6 Å². The first kappa shape index (κ1) is 15.1. The van der Waals surface area contributed by atoms with Gasteiger partial charge in [0, 0.05) is 0 Å². The molecule has 0 aromatic heterocycles. The van der Waals surface area contributed by atoms with E-state index in [4.69, 9.17) is 0 Å². The first-order valence-electron chi connectivity index (χ1n) is 5.95. The lowest BCUT2D eigenvalue weighted by Gasteiger charge is -2.25. The zero-order valence-electron chi connectivity index (χ0n) is 11.0. The predicted molar refractivity (Wildman–Crippen MR) is 65.2 cm³/mol. The van der Waals surface area contributed by atoms with Crippen molar-refractivity contribution in [3.8, 4) is 0 Å². The van der Waals surface area contributed by atoms with Crippen molar-refractivity contribution in [2.24, 2.45) is 5.92 Å². The molecule has 0 fully saturated rings. The van der Waals surface area contributed by atoms with Gasteiger partial charge in [-0.15, -0.1) is 0 Å². The largest absolute Gasteiger partial charge is 0.345 e. The van der Waals surface area contributed by atoms with Crippen LogP contribution in [-0.2, 0) is 9.59 Å². The van der Waals surface area contributed by atoms with Crippen LogP contribution in [-0.4, -0.2) is 30.8 Å². The monoisotopic (exact) mass is 228 g/mol. The Morgan fingerprint density at radius 1 is 1.19 bits per heavy atom. The predicted octanol–water partition coefficient (Wildman–Crippen LogP) is 1.10. The van der Waals surface area contributed by atoms with E-state index in [1.54, 1.807) is 14.0 Å². The third-order valence-corrected chi connectivity index (χ3v) is 3.08. The zero-order valence-corrected chi connectivity index (χ0v) is 11.0. The Hall–Kier alpha value is -0.900. The van der Waals surface area contributed by atoms with Gasteiger partial charge in [-0.25, -0.2) is 0 Å². The third-order valence-electron chi connectivity index (χ3n) is 3.08. The van der Waals surface area contributed by atoms with E-state index >= 15 is 0 Å². The van der Waals surface area contributed by atoms with E-state index in [0.717, 1.165) is 12.8 Å². The summed E-state index contributed by atoms with van der Waals surface area (Å²) < 4.78 is 0. The maximum absolute atomic E-state index is 11.7. The fourth-order valence-electron chi connectivity index (χ4n) is 1.72. The molecule has 16 heavy (non-hydrogen) atoms. The van der Waals surface area contributed by atoms with Crippen LogP contribution in [0.2, 0.25) is 0 Å². The van der Waals surface area contributed by atoms with Gasteiger partial charge >= 0.3 is 0 Å². The van der Waals surface area contributed by atoms with Crippen molar-refractivity contribution in [2.75, 3.05) is 7.05 Å². The summed E-state index contributed by atoms with van der Waals surface area (Å²) in [5, 5.41) is 5.68. The van der Waals surface area contributed by atoms with E-state index in [1.165, 1.54) is 6.92 Å². The number of carbonyl (C=O) groups is 2. The number of likely N-dealkylation sites (N-methyl/N-ethyl adjacent to an activating group) is 1. The van der Waals surface area contributed by atoms with Crippen LogP contribution in [0, 0.1) is 5.92 Å². The molecule has 0 aliphatic rings. The van der Waals surface area contributed by atoms with Gasteiger partial charge in [0.25, 0.3) is 0 Å². The van der Waals surface area contributed by atoms with Crippen LogP contribution in [0.15, 0.2) is 0 Å². The van der Waals surface area contributed by atoms with Crippen LogP contribution in [0.4, 0.5) is 0 Å². The Balaban J connectivity index is 4.56. The second-order valence-electron chi connectivity index (χ2n) is 4.18. The second-order valence-corrected chi connectivity index (χ2v) is 4.18. The molecule has 0 aliphatic carbocycles. The average Bonchev–Trinajstić information content (AvgIpc) is 2.27. The van der Waals surface area contributed by atoms with Gasteiger partial charge in [0.15, 0.2) is 5.78 Å². The van der Waals surface area contributed by atoms with Gasteiger partial charge in [0.1, 0.15) is 0 Å². The molecule has 0 saturated carbocycles. The molecule has 0 saturated heterocycles. The molecule has 0 spiro atoms. The highest BCUT2D eigenvalue weighted by Crippen LogP contribution is 2.14. The summed E-state index contributed by atoms with van der Waals surface area (Å²) in [7, 11) is 1.73. The number of amides is 1. The highest BCUT2D eigenvalue weighted by Gasteiger charge is 2.25. The fraction of sp³-hybridized carbons (Fsp3) is 0.833. The minimum atomic E-state index is -0.349. The molecule has 0 heterocycles. The molecule has 0 bridgehead atoms. The van der Waals surface area contributed by atoms with Gasteiger partial charge < -0.3 is 10.6 Å². The molecular weight excluding hydrogens is 204 g/mol. The van der Waals surface area contributed by atoms with Crippen LogP contribution < -0.4 is 10.6 Å². The lowest BCUT2D eigenvalue weighted by Crippen LogP contribution is -2.50. The standard InChI is InChI=1S/C12H24N2O2/c1-6-10(7-2)11(9(4)15)14-12(16)8(3)13-5/h8,10-11,13H,6-7H2,1-5H3,(H,14,16)/t8-,11?/m0/s1. The molecule has 4 nitrogen and oxygen atoms in total. The van der Waals surface area contributed by atoms with E-state index in [2.05, 4.69) is 10.6 Å². The molecule has 1 amide bonds. The molecule has 1 unspecified atom stereocenters. The number of ketones is 1. The van der Waals surface area contributed by atoms with Crippen molar-refractivity contribution in [3.63, 3.8) is 0 Å². The van der Waals surface area contributed by atoms with Gasteiger partial charge in [0.2, 0.25) is 5.91 Å². The molecule has 0 aromatic carbocycles. The summed E-state index contributed by atoms with van der Waals surface area (Å²) in [4.78, 5) is 23.2. The van der Waals surface area contributed by atoms with Gasteiger partial charge in [-0.3, -0.25) is 9.59 Å². The van der Waals surface area contributed by atoms with Crippen molar-refractivity contribution in [1.29, 1.82) is 0 Å². The van der Waals surface area contributed by atoms with Crippen molar-refractivity contribution in [3.05, 3.63) is 0 Å². The summed E-state index contributed by atoms with van der Waals surface area (Å²) in [5.41, 5.74) is 0. The number of rotatable bonds is 7. The summed E-state index contributed by atoms with van der Waals surface area (Å²) in [6.07, 6.45) is 1.80. The Bertz CT molecular complexity index is 237. The second kappa shape index (κ2) is 7.39. The molecule has 4 heteroatoms. The van der Waals surface area contributed by atoms with E-state index in [0.29, 0.717) is 0 Å². The Labute approximate surface area is 98.2 Å². The first-order chi connectivity index (χ1) is 7.47. The SMILES string of the molecule is CCC(CC)C(NC(=O)[C@H](C)NC)C(C)=O. The van der Waals surface area contributed by atoms with Crippen LogP contribution in [0.3, 0.4) is 0 Å². The van der Waals surface area contributed by atoms with Crippen LogP contribution in [0.1, 0.15) is 40.5 Å². The van der Waals surface area contributed by atoms with Crippen LogP contribution >= 0.6 is 0 Å². The molecule has 2 atom stereocenters. The molecule has 0 radical (unpaired) electrons. The number of hydrogen-bond donors (Lipinski definition) is 2. The average molecular weight is 228 g/mol. The number of hydrogen-bond acceptors (Lipinski definition) is 3. The topological polar surface area (TPSA) is 58.2 Å². The Morgan fingerprint density at radius 3 is 2.00 bits per heavy atom. The zero-order chi connectivity index (χ0) is 12.7. The van der Waals surface area contributed by atoms with E-state index in [-0.39, 0.29) is 29.7 Å². The van der Waals surface area contributed by atoms with E-state index in [1.807, 2.05) is 13.8 Å². The molecule has 2 N–H and O–H groups in total. The fourth-order valence-corrected chi connectivity index (χ4v) is 1.72. The third kappa shape index (κ3) is 4.31.